The smallest absolute Gasteiger partial charge is 0.328 e. The van der Waals surface area contributed by atoms with Gasteiger partial charge in [0, 0.05) is 26.3 Å². The zero-order valence-electron chi connectivity index (χ0n) is 12.8. The number of rotatable bonds is 3. The summed E-state index contributed by atoms with van der Waals surface area (Å²) in [4.78, 5) is 11.9. The van der Waals surface area contributed by atoms with E-state index in [0.29, 0.717) is 13.2 Å². The van der Waals surface area contributed by atoms with Crippen molar-refractivity contribution in [1.82, 2.24) is 9.13 Å². The molecule has 114 valence electrons. The summed E-state index contributed by atoms with van der Waals surface area (Å²) in [6.07, 6.45) is 0.0373. The fourth-order valence-corrected chi connectivity index (χ4v) is 2.71. The largest absolute Gasteiger partial charge is 0.382 e. The molecule has 1 atom stereocenters. The first-order valence-electron chi connectivity index (χ1n) is 7.08. The Kier molecular flexibility index (Phi) is 3.30. The van der Waals surface area contributed by atoms with Crippen LogP contribution in [0.4, 0.5) is 5.69 Å². The highest BCUT2D eigenvalue weighted by molar-refractivity contribution is 5.80. The normalized spacial score (nSPS) is 21.0. The third-order valence-corrected chi connectivity index (χ3v) is 3.87. The maximum absolute atomic E-state index is 11.9. The SMILES string of the molecule is Cn1c(=O)n(C)c2cc(NC[C@@H]3COC(C)(C)O3)ccc21. The van der Waals surface area contributed by atoms with Gasteiger partial charge in [-0.05, 0) is 32.0 Å². The average molecular weight is 291 g/mol. The molecule has 0 aliphatic carbocycles. The summed E-state index contributed by atoms with van der Waals surface area (Å²) in [5, 5.41) is 3.34. The van der Waals surface area contributed by atoms with Gasteiger partial charge in [0.15, 0.2) is 5.79 Å². The molecule has 1 fully saturated rings. The van der Waals surface area contributed by atoms with Gasteiger partial charge in [-0.2, -0.15) is 0 Å². The van der Waals surface area contributed by atoms with Crippen molar-refractivity contribution in [2.45, 2.75) is 25.7 Å². The van der Waals surface area contributed by atoms with Crippen LogP contribution in [0.25, 0.3) is 11.0 Å². The lowest BCUT2D eigenvalue weighted by atomic mass is 10.2. The first kappa shape index (κ1) is 14.2. The number of nitrogens with one attached hydrogen (secondary N) is 1. The standard InChI is InChI=1S/C15H21N3O3/c1-15(2)20-9-11(21-15)8-16-10-5-6-12-13(7-10)18(4)14(19)17(12)3/h5-7,11,16H,8-9H2,1-4H3/t11-/m1/s1. The first-order valence-corrected chi connectivity index (χ1v) is 7.08. The van der Waals surface area contributed by atoms with Crippen molar-refractivity contribution in [2.75, 3.05) is 18.5 Å². The van der Waals surface area contributed by atoms with Crippen molar-refractivity contribution >= 4 is 16.7 Å². The Hall–Kier alpha value is -1.79. The third-order valence-electron chi connectivity index (χ3n) is 3.87. The quantitative estimate of drug-likeness (QED) is 0.929. The number of fused-ring (bicyclic) bond motifs is 1. The molecule has 0 spiro atoms. The van der Waals surface area contributed by atoms with Crippen LogP contribution >= 0.6 is 0 Å². The van der Waals surface area contributed by atoms with Crippen molar-refractivity contribution in [1.29, 1.82) is 0 Å². The fourth-order valence-electron chi connectivity index (χ4n) is 2.71. The van der Waals surface area contributed by atoms with Crippen molar-refractivity contribution in [2.24, 2.45) is 14.1 Å². The second-order valence-corrected chi connectivity index (χ2v) is 5.94. The minimum Gasteiger partial charge on any atom is -0.382 e. The summed E-state index contributed by atoms with van der Waals surface area (Å²) in [6, 6.07) is 5.91. The molecule has 0 radical (unpaired) electrons. The van der Waals surface area contributed by atoms with E-state index in [-0.39, 0.29) is 11.8 Å². The Labute approximate surface area is 123 Å². The highest BCUT2D eigenvalue weighted by Gasteiger charge is 2.32. The number of ether oxygens (including phenoxy) is 2. The van der Waals surface area contributed by atoms with E-state index in [2.05, 4.69) is 5.32 Å². The molecular weight excluding hydrogens is 270 g/mol. The Morgan fingerprint density at radius 1 is 1.29 bits per heavy atom. The van der Waals surface area contributed by atoms with Crippen LogP contribution in [0.1, 0.15) is 13.8 Å². The zero-order chi connectivity index (χ0) is 15.2. The van der Waals surface area contributed by atoms with E-state index in [0.717, 1.165) is 16.7 Å². The van der Waals surface area contributed by atoms with Crippen LogP contribution < -0.4 is 11.0 Å². The molecule has 1 aromatic carbocycles. The predicted octanol–water partition coefficient (Wildman–Crippen LogP) is 1.44. The molecule has 1 N–H and O–H groups in total. The summed E-state index contributed by atoms with van der Waals surface area (Å²) < 4.78 is 14.6. The summed E-state index contributed by atoms with van der Waals surface area (Å²) in [5.74, 6) is -0.500. The van der Waals surface area contributed by atoms with Crippen LogP contribution in [0, 0.1) is 0 Å². The number of anilines is 1. The van der Waals surface area contributed by atoms with Crippen LogP contribution in [0.3, 0.4) is 0 Å². The van der Waals surface area contributed by atoms with Crippen molar-refractivity contribution in [3.05, 3.63) is 28.7 Å². The molecule has 1 aromatic heterocycles. The molecule has 1 aliphatic rings. The molecule has 2 heterocycles. The molecule has 6 nitrogen and oxygen atoms in total. The Bertz CT molecular complexity index is 730. The number of aryl methyl sites for hydroxylation is 2. The monoisotopic (exact) mass is 291 g/mol. The Morgan fingerprint density at radius 3 is 2.67 bits per heavy atom. The minimum atomic E-state index is -0.500. The van der Waals surface area contributed by atoms with Gasteiger partial charge in [0.1, 0.15) is 6.10 Å². The van der Waals surface area contributed by atoms with E-state index in [1.165, 1.54) is 0 Å². The van der Waals surface area contributed by atoms with E-state index >= 15 is 0 Å². The van der Waals surface area contributed by atoms with Gasteiger partial charge in [-0.3, -0.25) is 9.13 Å². The van der Waals surface area contributed by atoms with Gasteiger partial charge in [0.25, 0.3) is 0 Å². The zero-order valence-corrected chi connectivity index (χ0v) is 12.8. The van der Waals surface area contributed by atoms with Gasteiger partial charge in [0.2, 0.25) is 0 Å². The Balaban J connectivity index is 1.76. The molecule has 21 heavy (non-hydrogen) atoms. The van der Waals surface area contributed by atoms with Crippen LogP contribution in [-0.4, -0.2) is 34.2 Å². The predicted molar refractivity (Wildman–Crippen MR) is 81.6 cm³/mol. The van der Waals surface area contributed by atoms with Crippen LogP contribution in [0.15, 0.2) is 23.0 Å². The van der Waals surface area contributed by atoms with Gasteiger partial charge in [0.05, 0.1) is 17.6 Å². The maximum atomic E-state index is 11.9. The molecule has 0 saturated carbocycles. The summed E-state index contributed by atoms with van der Waals surface area (Å²) in [6.45, 7) is 5.10. The highest BCUT2D eigenvalue weighted by Crippen LogP contribution is 2.23. The maximum Gasteiger partial charge on any atom is 0.328 e. The molecule has 0 unspecified atom stereocenters. The fraction of sp³-hybridized carbons (Fsp3) is 0.533. The second kappa shape index (κ2) is 4.89. The number of imidazole rings is 1. The highest BCUT2D eigenvalue weighted by atomic mass is 16.7. The molecule has 2 aromatic rings. The molecule has 1 aliphatic heterocycles. The topological polar surface area (TPSA) is 57.4 Å². The van der Waals surface area contributed by atoms with Gasteiger partial charge in [-0.25, -0.2) is 4.79 Å². The number of benzene rings is 1. The van der Waals surface area contributed by atoms with Gasteiger partial charge >= 0.3 is 5.69 Å². The number of hydrogen-bond acceptors (Lipinski definition) is 4. The third kappa shape index (κ3) is 2.56. The second-order valence-electron chi connectivity index (χ2n) is 5.94. The van der Waals surface area contributed by atoms with E-state index < -0.39 is 5.79 Å². The van der Waals surface area contributed by atoms with Crippen molar-refractivity contribution in [3.8, 4) is 0 Å². The molecule has 0 amide bonds. The van der Waals surface area contributed by atoms with Gasteiger partial charge in [-0.15, -0.1) is 0 Å². The Morgan fingerprint density at radius 2 is 2.00 bits per heavy atom. The van der Waals surface area contributed by atoms with E-state index in [4.69, 9.17) is 9.47 Å². The van der Waals surface area contributed by atoms with Crippen LogP contribution in [0.5, 0.6) is 0 Å². The molecular formula is C15H21N3O3. The van der Waals surface area contributed by atoms with Gasteiger partial charge < -0.3 is 14.8 Å². The average Bonchev–Trinajstić information content (AvgIpc) is 2.90. The van der Waals surface area contributed by atoms with Gasteiger partial charge in [-0.1, -0.05) is 0 Å². The van der Waals surface area contributed by atoms with E-state index in [9.17, 15) is 4.79 Å². The van der Waals surface area contributed by atoms with Crippen molar-refractivity contribution in [3.63, 3.8) is 0 Å². The summed E-state index contributed by atoms with van der Waals surface area (Å²) in [5.41, 5.74) is 2.79. The molecule has 1 saturated heterocycles. The summed E-state index contributed by atoms with van der Waals surface area (Å²) in [7, 11) is 3.56. The summed E-state index contributed by atoms with van der Waals surface area (Å²) >= 11 is 0. The van der Waals surface area contributed by atoms with Crippen LogP contribution in [-0.2, 0) is 23.6 Å². The van der Waals surface area contributed by atoms with Crippen LogP contribution in [0.2, 0.25) is 0 Å². The van der Waals surface area contributed by atoms with E-state index in [1.807, 2.05) is 32.0 Å². The van der Waals surface area contributed by atoms with Crippen molar-refractivity contribution < 1.29 is 9.47 Å². The molecule has 0 bridgehead atoms. The number of aromatic nitrogens is 2. The molecule has 3 rings (SSSR count). The lowest BCUT2D eigenvalue weighted by molar-refractivity contribution is -0.136. The number of hydrogen-bond donors (Lipinski definition) is 1. The lowest BCUT2D eigenvalue weighted by Gasteiger charge is -2.17. The lowest BCUT2D eigenvalue weighted by Crippen LogP contribution is -2.25. The first-order chi connectivity index (χ1) is 9.87. The van der Waals surface area contributed by atoms with E-state index in [1.54, 1.807) is 23.2 Å². The number of nitrogens with zero attached hydrogens (tertiary/aromatic N) is 2. The molecule has 6 heteroatoms. The minimum absolute atomic E-state index is 0.0172.